The second-order valence-corrected chi connectivity index (χ2v) is 9.72. The number of halogens is 1. The molecule has 1 aromatic heterocycles. The number of nitrogens with zero attached hydrogens (tertiary/aromatic N) is 4. The lowest BCUT2D eigenvalue weighted by molar-refractivity contribution is 0.104. The Labute approximate surface area is 193 Å². The first-order chi connectivity index (χ1) is 15.6. The third-order valence-corrected chi connectivity index (χ3v) is 7.65. The lowest BCUT2D eigenvalue weighted by Gasteiger charge is -2.42. The van der Waals surface area contributed by atoms with Gasteiger partial charge in [0.15, 0.2) is 5.78 Å². The van der Waals surface area contributed by atoms with Gasteiger partial charge in [0.1, 0.15) is 5.82 Å². The number of carbonyl (C=O) groups is 1. The molecule has 3 aromatic rings. The van der Waals surface area contributed by atoms with Crippen LogP contribution in [0.4, 0.5) is 5.82 Å². The zero-order valence-corrected chi connectivity index (χ0v) is 19.1. The Morgan fingerprint density at radius 3 is 2.44 bits per heavy atom. The molecule has 0 spiro atoms. The van der Waals surface area contributed by atoms with Gasteiger partial charge in [-0.25, -0.2) is 4.98 Å². The molecule has 2 saturated heterocycles. The van der Waals surface area contributed by atoms with Gasteiger partial charge in [-0.3, -0.25) is 9.69 Å². The van der Waals surface area contributed by atoms with E-state index in [0.29, 0.717) is 16.6 Å². The highest BCUT2D eigenvalue weighted by Gasteiger charge is 2.35. The molecule has 6 rings (SSSR count). The number of piperazine rings is 1. The number of rotatable bonds is 2. The fraction of sp³-hybridized carbons (Fsp3) is 0.385. The molecule has 0 unspecified atom stereocenters. The molecule has 0 bridgehead atoms. The number of fused-ring (bicyclic) bond motifs is 5. The van der Waals surface area contributed by atoms with E-state index < -0.39 is 0 Å². The summed E-state index contributed by atoms with van der Waals surface area (Å²) >= 11 is 6.25. The number of aromatic nitrogens is 1. The van der Waals surface area contributed by atoms with Crippen LogP contribution in [-0.4, -0.2) is 72.9 Å². The van der Waals surface area contributed by atoms with Crippen LogP contribution in [-0.2, 0) is 0 Å². The topological polar surface area (TPSA) is 39.7 Å². The maximum Gasteiger partial charge on any atom is 0.195 e. The Morgan fingerprint density at radius 1 is 0.906 bits per heavy atom. The van der Waals surface area contributed by atoms with Crippen LogP contribution in [0, 0.1) is 0 Å². The smallest absolute Gasteiger partial charge is 0.195 e. The molecule has 164 valence electrons. The molecule has 6 heteroatoms. The third kappa shape index (κ3) is 3.22. The molecule has 2 aromatic carbocycles. The van der Waals surface area contributed by atoms with Crippen molar-refractivity contribution in [1.82, 2.24) is 14.8 Å². The fourth-order valence-electron chi connectivity index (χ4n) is 5.63. The number of para-hydroxylation sites is 1. The van der Waals surface area contributed by atoms with Crippen LogP contribution in [0.5, 0.6) is 0 Å². The van der Waals surface area contributed by atoms with Crippen molar-refractivity contribution in [3.8, 4) is 11.1 Å². The SMILES string of the molecule is CN1CCC(N2CCN(c3nc4ccccc4c4c3-c3ccc(Cl)cc3C4=O)CC2)CC1. The van der Waals surface area contributed by atoms with Gasteiger partial charge in [0.2, 0.25) is 0 Å². The Hall–Kier alpha value is -2.47. The van der Waals surface area contributed by atoms with Crippen LogP contribution in [0.25, 0.3) is 22.0 Å². The van der Waals surface area contributed by atoms with E-state index in [9.17, 15) is 4.79 Å². The summed E-state index contributed by atoms with van der Waals surface area (Å²) in [5.41, 5.74) is 4.29. The number of pyridine rings is 1. The van der Waals surface area contributed by atoms with E-state index in [0.717, 1.165) is 59.6 Å². The molecule has 2 aliphatic heterocycles. The number of hydrogen-bond donors (Lipinski definition) is 0. The first-order valence-electron chi connectivity index (χ1n) is 11.5. The normalized spacial score (nSPS) is 20.1. The van der Waals surface area contributed by atoms with Gasteiger partial charge in [0.05, 0.1) is 5.52 Å². The standard InChI is InChI=1S/C26H27ClN4O/c1-29-10-8-18(9-11-29)30-12-14-31(15-13-30)26-24-19-7-6-17(27)16-21(19)25(32)23(24)20-4-2-3-5-22(20)28-26/h2-7,16,18H,8-15H2,1H3. The Balaban J connectivity index is 1.38. The predicted molar refractivity (Wildman–Crippen MR) is 130 cm³/mol. The predicted octanol–water partition coefficient (Wildman–Crippen LogP) is 4.32. The minimum Gasteiger partial charge on any atom is -0.353 e. The van der Waals surface area contributed by atoms with Crippen molar-refractivity contribution >= 4 is 34.1 Å². The summed E-state index contributed by atoms with van der Waals surface area (Å²) < 4.78 is 0. The van der Waals surface area contributed by atoms with E-state index in [4.69, 9.17) is 16.6 Å². The summed E-state index contributed by atoms with van der Waals surface area (Å²) in [4.78, 5) is 26.0. The molecule has 5 nitrogen and oxygen atoms in total. The molecule has 3 heterocycles. The second kappa shape index (κ2) is 7.84. The summed E-state index contributed by atoms with van der Waals surface area (Å²) in [6.07, 6.45) is 2.51. The molecular formula is C26H27ClN4O. The summed E-state index contributed by atoms with van der Waals surface area (Å²) in [5, 5.41) is 1.52. The van der Waals surface area contributed by atoms with Crippen molar-refractivity contribution < 1.29 is 4.79 Å². The van der Waals surface area contributed by atoms with Gasteiger partial charge in [0, 0.05) is 59.3 Å². The van der Waals surface area contributed by atoms with Crippen LogP contribution in [0.15, 0.2) is 42.5 Å². The molecule has 2 fully saturated rings. The van der Waals surface area contributed by atoms with Crippen molar-refractivity contribution in [2.24, 2.45) is 0 Å². The van der Waals surface area contributed by atoms with Crippen molar-refractivity contribution in [2.75, 3.05) is 51.2 Å². The summed E-state index contributed by atoms with van der Waals surface area (Å²) in [7, 11) is 2.21. The molecule has 0 radical (unpaired) electrons. The van der Waals surface area contributed by atoms with Crippen LogP contribution >= 0.6 is 11.6 Å². The Morgan fingerprint density at radius 2 is 1.66 bits per heavy atom. The van der Waals surface area contributed by atoms with E-state index in [2.05, 4.69) is 21.7 Å². The van der Waals surface area contributed by atoms with Gasteiger partial charge >= 0.3 is 0 Å². The maximum atomic E-state index is 13.5. The lowest BCUT2D eigenvalue weighted by atomic mass is 10.0. The molecule has 3 aliphatic rings. The molecular weight excluding hydrogens is 420 g/mol. The summed E-state index contributed by atoms with van der Waals surface area (Å²) in [5.74, 6) is 0.999. The number of anilines is 1. The lowest BCUT2D eigenvalue weighted by Crippen LogP contribution is -2.53. The number of likely N-dealkylation sites (tertiary alicyclic amines) is 1. The zero-order valence-electron chi connectivity index (χ0n) is 18.4. The van der Waals surface area contributed by atoms with Crippen molar-refractivity contribution in [1.29, 1.82) is 0 Å². The van der Waals surface area contributed by atoms with Crippen LogP contribution in [0.1, 0.15) is 28.8 Å². The fourth-order valence-corrected chi connectivity index (χ4v) is 5.81. The first kappa shape index (κ1) is 20.2. The van der Waals surface area contributed by atoms with Crippen molar-refractivity contribution in [2.45, 2.75) is 18.9 Å². The van der Waals surface area contributed by atoms with Gasteiger partial charge in [-0.15, -0.1) is 0 Å². The quantitative estimate of drug-likeness (QED) is 0.458. The second-order valence-electron chi connectivity index (χ2n) is 9.28. The van der Waals surface area contributed by atoms with E-state index in [1.165, 1.54) is 25.9 Å². The minimum atomic E-state index is 0.0577. The average Bonchev–Trinajstić information content (AvgIpc) is 3.11. The van der Waals surface area contributed by atoms with E-state index in [1.54, 1.807) is 6.07 Å². The van der Waals surface area contributed by atoms with Gasteiger partial charge in [0.25, 0.3) is 0 Å². The molecule has 0 saturated carbocycles. The van der Waals surface area contributed by atoms with Gasteiger partial charge in [-0.05, 0) is 56.7 Å². The molecule has 0 atom stereocenters. The molecule has 0 N–H and O–H groups in total. The summed E-state index contributed by atoms with van der Waals surface area (Å²) in [6, 6.07) is 14.3. The van der Waals surface area contributed by atoms with Crippen molar-refractivity contribution in [3.05, 3.63) is 58.6 Å². The average molecular weight is 447 g/mol. The van der Waals surface area contributed by atoms with Gasteiger partial charge < -0.3 is 9.80 Å². The molecule has 1 aliphatic carbocycles. The summed E-state index contributed by atoms with van der Waals surface area (Å²) in [6.45, 7) is 6.32. The van der Waals surface area contributed by atoms with E-state index >= 15 is 0 Å². The highest BCUT2D eigenvalue weighted by molar-refractivity contribution is 6.33. The highest BCUT2D eigenvalue weighted by Crippen LogP contribution is 2.45. The highest BCUT2D eigenvalue weighted by atomic mass is 35.5. The van der Waals surface area contributed by atoms with Gasteiger partial charge in [-0.1, -0.05) is 35.9 Å². The Bertz CT molecular complexity index is 1210. The number of piperidine rings is 1. The maximum absolute atomic E-state index is 13.5. The Kier molecular flexibility index (Phi) is 4.94. The van der Waals surface area contributed by atoms with E-state index in [-0.39, 0.29) is 5.78 Å². The monoisotopic (exact) mass is 446 g/mol. The number of hydrogen-bond acceptors (Lipinski definition) is 5. The van der Waals surface area contributed by atoms with Gasteiger partial charge in [-0.2, -0.15) is 0 Å². The van der Waals surface area contributed by atoms with E-state index in [1.807, 2.05) is 36.4 Å². The third-order valence-electron chi connectivity index (χ3n) is 7.41. The molecule has 32 heavy (non-hydrogen) atoms. The van der Waals surface area contributed by atoms with Crippen LogP contribution in [0.2, 0.25) is 5.02 Å². The largest absolute Gasteiger partial charge is 0.353 e. The number of benzene rings is 2. The zero-order chi connectivity index (χ0) is 21.8. The van der Waals surface area contributed by atoms with Crippen LogP contribution < -0.4 is 4.90 Å². The van der Waals surface area contributed by atoms with Crippen molar-refractivity contribution in [3.63, 3.8) is 0 Å². The first-order valence-corrected chi connectivity index (χ1v) is 11.9. The minimum absolute atomic E-state index is 0.0577. The number of carbonyl (C=O) groups excluding carboxylic acids is 1. The number of ketones is 1. The molecule has 0 amide bonds. The van der Waals surface area contributed by atoms with Crippen LogP contribution in [0.3, 0.4) is 0 Å².